The molecule has 1 atom stereocenters. The van der Waals surface area contributed by atoms with E-state index in [9.17, 15) is 14.4 Å². The Balaban J connectivity index is 1.89. The highest BCUT2D eigenvalue weighted by Crippen LogP contribution is 2.14. The lowest BCUT2D eigenvalue weighted by atomic mass is 10.1. The van der Waals surface area contributed by atoms with Crippen molar-refractivity contribution in [2.24, 2.45) is 0 Å². The number of hydroxylamine groups is 2. The van der Waals surface area contributed by atoms with Crippen LogP contribution in [0.15, 0.2) is 24.3 Å². The van der Waals surface area contributed by atoms with Crippen molar-refractivity contribution in [2.45, 2.75) is 13.0 Å². The van der Waals surface area contributed by atoms with Crippen LogP contribution in [0.25, 0.3) is 0 Å². The molecule has 0 spiro atoms. The average Bonchev–Trinajstić information content (AvgIpc) is 2.45. The van der Waals surface area contributed by atoms with E-state index in [1.807, 2.05) is 0 Å². The highest BCUT2D eigenvalue weighted by atomic mass is 16.7. The molecule has 0 bridgehead atoms. The fourth-order valence-electron chi connectivity index (χ4n) is 1.72. The molecule has 1 aromatic rings. The number of nitrogens with zero attached hydrogens (tertiary/aromatic N) is 1. The Kier molecular flexibility index (Phi) is 3.88. The molecule has 1 aromatic carbocycles. The maximum atomic E-state index is 11.9. The molecule has 1 N–H and O–H groups in total. The van der Waals surface area contributed by atoms with Crippen LogP contribution in [0, 0.1) is 0 Å². The minimum atomic E-state index is -0.663. The summed E-state index contributed by atoms with van der Waals surface area (Å²) in [6, 6.07) is 5.84. The fourth-order valence-corrected chi connectivity index (χ4v) is 1.72. The highest BCUT2D eigenvalue weighted by Gasteiger charge is 2.40. The first-order valence-corrected chi connectivity index (χ1v) is 5.96. The number of benzene rings is 1. The van der Waals surface area contributed by atoms with Crippen LogP contribution in [0.4, 0.5) is 0 Å². The van der Waals surface area contributed by atoms with E-state index in [4.69, 9.17) is 4.74 Å². The standard InChI is InChI=1S/C13H14N2O5/c1-8(16)20-15-7-11(13(15)18)14-12(17)9-3-5-10(19-2)6-4-9/h3-6,11H,7H2,1-2H3,(H,14,17). The zero-order chi connectivity index (χ0) is 14.7. The molecule has 7 nitrogen and oxygen atoms in total. The van der Waals surface area contributed by atoms with Crippen molar-refractivity contribution >= 4 is 17.8 Å². The minimum Gasteiger partial charge on any atom is -0.497 e. The molecule has 2 amide bonds. The number of carbonyl (C=O) groups is 3. The molecule has 20 heavy (non-hydrogen) atoms. The van der Waals surface area contributed by atoms with Crippen LogP contribution >= 0.6 is 0 Å². The Bertz CT molecular complexity index is 540. The van der Waals surface area contributed by atoms with Gasteiger partial charge in [0, 0.05) is 12.5 Å². The summed E-state index contributed by atoms with van der Waals surface area (Å²) in [6.45, 7) is 1.36. The number of β-lactam (4-membered cyclic amide) rings is 1. The normalized spacial score (nSPS) is 17.2. The van der Waals surface area contributed by atoms with E-state index < -0.39 is 17.9 Å². The van der Waals surface area contributed by atoms with E-state index in [1.165, 1.54) is 14.0 Å². The Morgan fingerprint density at radius 1 is 1.30 bits per heavy atom. The first kappa shape index (κ1) is 13.9. The maximum absolute atomic E-state index is 11.9. The van der Waals surface area contributed by atoms with E-state index in [1.54, 1.807) is 24.3 Å². The quantitative estimate of drug-likeness (QED) is 0.790. The molecule has 0 radical (unpaired) electrons. The first-order chi connectivity index (χ1) is 9.51. The number of hydrogen-bond donors (Lipinski definition) is 1. The van der Waals surface area contributed by atoms with E-state index in [2.05, 4.69) is 10.2 Å². The topological polar surface area (TPSA) is 84.9 Å². The molecule has 1 unspecified atom stereocenters. The predicted octanol–water partition coefficient (Wildman–Crippen LogP) is 0.114. The van der Waals surface area contributed by atoms with Gasteiger partial charge in [-0.2, -0.15) is 5.06 Å². The van der Waals surface area contributed by atoms with Crippen LogP contribution in [0.2, 0.25) is 0 Å². The molecule has 1 saturated heterocycles. The second kappa shape index (κ2) is 5.60. The van der Waals surface area contributed by atoms with Crippen molar-refractivity contribution in [1.82, 2.24) is 10.4 Å². The van der Waals surface area contributed by atoms with Gasteiger partial charge in [-0.25, -0.2) is 0 Å². The van der Waals surface area contributed by atoms with Crippen molar-refractivity contribution < 1.29 is 24.0 Å². The SMILES string of the molecule is COc1ccc(C(=O)NC2CN(OC(C)=O)C2=O)cc1. The summed E-state index contributed by atoms with van der Waals surface area (Å²) in [5, 5.41) is 3.48. The van der Waals surface area contributed by atoms with Gasteiger partial charge in [0.2, 0.25) is 0 Å². The molecule has 1 aliphatic heterocycles. The minimum absolute atomic E-state index is 0.153. The lowest BCUT2D eigenvalue weighted by Gasteiger charge is -2.35. The van der Waals surface area contributed by atoms with Gasteiger partial charge in [0.25, 0.3) is 11.8 Å². The third-order valence-corrected chi connectivity index (χ3v) is 2.79. The average molecular weight is 278 g/mol. The van der Waals surface area contributed by atoms with Crippen molar-refractivity contribution in [3.05, 3.63) is 29.8 Å². The molecule has 1 aliphatic rings. The largest absolute Gasteiger partial charge is 0.497 e. The van der Waals surface area contributed by atoms with Crippen LogP contribution < -0.4 is 10.1 Å². The number of amides is 2. The summed E-state index contributed by atoms with van der Waals surface area (Å²) >= 11 is 0. The second-order valence-corrected chi connectivity index (χ2v) is 4.24. The van der Waals surface area contributed by atoms with E-state index >= 15 is 0 Å². The third-order valence-electron chi connectivity index (χ3n) is 2.79. The van der Waals surface area contributed by atoms with Crippen LogP contribution in [0.3, 0.4) is 0 Å². The number of carbonyl (C=O) groups excluding carboxylic acids is 3. The number of hydrogen-bond acceptors (Lipinski definition) is 5. The molecular weight excluding hydrogens is 264 g/mol. The Morgan fingerprint density at radius 2 is 1.95 bits per heavy atom. The fraction of sp³-hybridized carbons (Fsp3) is 0.308. The van der Waals surface area contributed by atoms with Crippen LogP contribution in [0.5, 0.6) is 5.75 Å². The monoisotopic (exact) mass is 278 g/mol. The van der Waals surface area contributed by atoms with Gasteiger partial charge in [0.15, 0.2) is 0 Å². The lowest BCUT2D eigenvalue weighted by molar-refractivity contribution is -0.214. The van der Waals surface area contributed by atoms with E-state index in [-0.39, 0.29) is 12.5 Å². The highest BCUT2D eigenvalue weighted by molar-refractivity contribution is 5.99. The Labute approximate surface area is 115 Å². The molecule has 2 rings (SSSR count). The van der Waals surface area contributed by atoms with Gasteiger partial charge in [0.05, 0.1) is 13.7 Å². The summed E-state index contributed by atoms with van der Waals surface area (Å²) in [5.41, 5.74) is 0.421. The third kappa shape index (κ3) is 2.87. The predicted molar refractivity (Wildman–Crippen MR) is 67.7 cm³/mol. The van der Waals surface area contributed by atoms with Crippen molar-refractivity contribution in [3.63, 3.8) is 0 Å². The number of rotatable bonds is 4. The molecule has 7 heteroatoms. The van der Waals surface area contributed by atoms with Gasteiger partial charge in [-0.05, 0) is 24.3 Å². The summed E-state index contributed by atoms with van der Waals surface area (Å²) in [7, 11) is 1.53. The van der Waals surface area contributed by atoms with Crippen molar-refractivity contribution in [2.75, 3.05) is 13.7 Å². The maximum Gasteiger partial charge on any atom is 0.329 e. The Hall–Kier alpha value is -2.57. The molecular formula is C13H14N2O5. The Morgan fingerprint density at radius 3 is 2.45 bits per heavy atom. The van der Waals surface area contributed by atoms with Crippen LogP contribution in [-0.2, 0) is 14.4 Å². The summed E-state index contributed by atoms with van der Waals surface area (Å²) in [6.07, 6.45) is 0. The molecule has 106 valence electrons. The zero-order valence-corrected chi connectivity index (χ0v) is 11.1. The summed E-state index contributed by atoms with van der Waals surface area (Å²) in [5.74, 6) is -0.740. The number of methoxy groups -OCH3 is 1. The van der Waals surface area contributed by atoms with Gasteiger partial charge in [-0.15, -0.1) is 0 Å². The van der Waals surface area contributed by atoms with Gasteiger partial charge >= 0.3 is 5.97 Å². The first-order valence-electron chi connectivity index (χ1n) is 5.96. The zero-order valence-electron chi connectivity index (χ0n) is 11.1. The summed E-state index contributed by atoms with van der Waals surface area (Å²) in [4.78, 5) is 38.8. The smallest absolute Gasteiger partial charge is 0.329 e. The van der Waals surface area contributed by atoms with Gasteiger partial charge in [-0.1, -0.05) is 0 Å². The van der Waals surface area contributed by atoms with Gasteiger partial charge in [-0.3, -0.25) is 14.4 Å². The molecule has 0 aliphatic carbocycles. The van der Waals surface area contributed by atoms with Crippen LogP contribution in [0.1, 0.15) is 17.3 Å². The molecule has 0 aromatic heterocycles. The van der Waals surface area contributed by atoms with Crippen LogP contribution in [-0.4, -0.2) is 42.5 Å². The summed E-state index contributed by atoms with van der Waals surface area (Å²) < 4.78 is 4.99. The van der Waals surface area contributed by atoms with E-state index in [0.29, 0.717) is 11.3 Å². The lowest BCUT2D eigenvalue weighted by Crippen LogP contribution is -2.63. The van der Waals surface area contributed by atoms with Crippen molar-refractivity contribution in [1.29, 1.82) is 0 Å². The molecule has 1 fully saturated rings. The molecule has 1 heterocycles. The number of ether oxygens (including phenoxy) is 1. The number of nitrogens with one attached hydrogen (secondary N) is 1. The van der Waals surface area contributed by atoms with Crippen molar-refractivity contribution in [3.8, 4) is 5.75 Å². The van der Waals surface area contributed by atoms with Gasteiger partial charge < -0.3 is 14.9 Å². The van der Waals surface area contributed by atoms with E-state index in [0.717, 1.165) is 5.06 Å². The van der Waals surface area contributed by atoms with Gasteiger partial charge in [0.1, 0.15) is 11.8 Å². The second-order valence-electron chi connectivity index (χ2n) is 4.24. The molecule has 0 saturated carbocycles.